The highest BCUT2D eigenvalue weighted by Gasteiger charge is 2.28. The zero-order chi connectivity index (χ0) is 15.9. The number of benzene rings is 1. The molecule has 0 atom stereocenters. The summed E-state index contributed by atoms with van der Waals surface area (Å²) < 4.78 is 36.3. The third kappa shape index (κ3) is 7.55. The van der Waals surface area contributed by atoms with Crippen molar-refractivity contribution in [1.29, 1.82) is 0 Å². The van der Waals surface area contributed by atoms with Crippen LogP contribution in [-0.4, -0.2) is 43.8 Å². The molecule has 0 unspecified atom stereocenters. The molecule has 4 nitrogen and oxygen atoms in total. The molecule has 0 aliphatic heterocycles. The molecule has 7 heteroatoms. The van der Waals surface area contributed by atoms with Crippen molar-refractivity contribution in [2.24, 2.45) is 0 Å². The number of hydrogen-bond acceptors (Lipinski definition) is 2. The molecule has 0 radical (unpaired) electrons. The summed E-state index contributed by atoms with van der Waals surface area (Å²) in [6, 6.07) is 6.99. The fourth-order valence-electron chi connectivity index (χ4n) is 1.82. The topological polar surface area (TPSA) is 44.4 Å². The second kappa shape index (κ2) is 7.87. The van der Waals surface area contributed by atoms with Crippen molar-refractivity contribution in [3.05, 3.63) is 29.8 Å². The predicted octanol–water partition coefficient (Wildman–Crippen LogP) is 3.00. The monoisotopic (exact) mass is 303 g/mol. The van der Waals surface area contributed by atoms with Crippen LogP contribution < -0.4 is 10.6 Å². The van der Waals surface area contributed by atoms with E-state index in [0.717, 1.165) is 5.56 Å². The number of rotatable bonds is 6. The number of anilines is 1. The highest BCUT2D eigenvalue weighted by atomic mass is 19.4. The van der Waals surface area contributed by atoms with Gasteiger partial charge in [-0.25, -0.2) is 4.79 Å². The number of alkyl halides is 3. The van der Waals surface area contributed by atoms with Crippen LogP contribution in [0.3, 0.4) is 0 Å². The number of nitrogens with zero attached hydrogens (tertiary/aromatic N) is 1. The van der Waals surface area contributed by atoms with Gasteiger partial charge in [-0.2, -0.15) is 13.2 Å². The maximum atomic E-state index is 12.1. The minimum absolute atomic E-state index is 0.268. The molecular formula is C14H20F3N3O. The first-order valence-corrected chi connectivity index (χ1v) is 6.64. The van der Waals surface area contributed by atoms with Crippen molar-refractivity contribution in [3.63, 3.8) is 0 Å². The van der Waals surface area contributed by atoms with Crippen LogP contribution in [0.1, 0.15) is 12.0 Å². The average molecular weight is 303 g/mol. The van der Waals surface area contributed by atoms with E-state index in [0.29, 0.717) is 18.7 Å². The lowest BCUT2D eigenvalue weighted by Gasteiger charge is -2.18. The summed E-state index contributed by atoms with van der Waals surface area (Å²) in [5.74, 6) is 0. The Hall–Kier alpha value is -1.76. The summed E-state index contributed by atoms with van der Waals surface area (Å²) in [6.45, 7) is 1.52. The lowest BCUT2D eigenvalue weighted by Crippen LogP contribution is -2.35. The molecular weight excluding hydrogens is 283 g/mol. The van der Waals surface area contributed by atoms with E-state index in [4.69, 9.17) is 0 Å². The van der Waals surface area contributed by atoms with Gasteiger partial charge in [-0.15, -0.1) is 0 Å². The first-order valence-electron chi connectivity index (χ1n) is 6.64. The van der Waals surface area contributed by atoms with Crippen molar-refractivity contribution in [2.75, 3.05) is 32.0 Å². The maximum Gasteiger partial charge on any atom is 0.401 e. The van der Waals surface area contributed by atoms with E-state index in [1.807, 2.05) is 25.1 Å². The smallest absolute Gasteiger partial charge is 0.338 e. The van der Waals surface area contributed by atoms with E-state index in [9.17, 15) is 18.0 Å². The number of urea groups is 1. The van der Waals surface area contributed by atoms with E-state index in [1.54, 1.807) is 6.07 Å². The zero-order valence-electron chi connectivity index (χ0n) is 12.1. The number of hydrogen-bond donors (Lipinski definition) is 2. The third-order valence-electron chi connectivity index (χ3n) is 2.84. The molecule has 0 saturated carbocycles. The molecule has 0 fully saturated rings. The van der Waals surface area contributed by atoms with E-state index in [2.05, 4.69) is 10.6 Å². The number of para-hydroxylation sites is 1. The van der Waals surface area contributed by atoms with E-state index in [1.165, 1.54) is 11.9 Å². The quantitative estimate of drug-likeness (QED) is 0.794. The van der Waals surface area contributed by atoms with Crippen molar-refractivity contribution in [1.82, 2.24) is 10.2 Å². The number of carbonyl (C=O) groups is 1. The van der Waals surface area contributed by atoms with Crippen LogP contribution in [0.25, 0.3) is 0 Å². The van der Waals surface area contributed by atoms with Crippen LogP contribution in [0.15, 0.2) is 24.3 Å². The zero-order valence-corrected chi connectivity index (χ0v) is 12.1. The number of amides is 2. The second-order valence-electron chi connectivity index (χ2n) is 4.90. The van der Waals surface area contributed by atoms with E-state index < -0.39 is 12.7 Å². The Bertz CT molecular complexity index is 463. The summed E-state index contributed by atoms with van der Waals surface area (Å²) in [5.41, 5.74) is 1.65. The van der Waals surface area contributed by atoms with Crippen LogP contribution in [0.4, 0.5) is 23.7 Å². The van der Waals surface area contributed by atoms with Crippen LogP contribution in [0.5, 0.6) is 0 Å². The molecule has 1 aromatic rings. The molecule has 1 rings (SSSR count). The van der Waals surface area contributed by atoms with Gasteiger partial charge in [-0.05, 0) is 38.6 Å². The van der Waals surface area contributed by atoms with Crippen molar-refractivity contribution >= 4 is 11.7 Å². The van der Waals surface area contributed by atoms with Gasteiger partial charge < -0.3 is 10.6 Å². The van der Waals surface area contributed by atoms with Gasteiger partial charge in [0, 0.05) is 12.2 Å². The van der Waals surface area contributed by atoms with Gasteiger partial charge in [0.2, 0.25) is 0 Å². The first kappa shape index (κ1) is 17.3. The van der Waals surface area contributed by atoms with Crippen LogP contribution in [-0.2, 0) is 0 Å². The largest absolute Gasteiger partial charge is 0.401 e. The lowest BCUT2D eigenvalue weighted by atomic mass is 10.2. The Morgan fingerprint density at radius 3 is 2.57 bits per heavy atom. The minimum atomic E-state index is -4.19. The molecule has 0 heterocycles. The molecule has 0 saturated heterocycles. The molecule has 0 aliphatic carbocycles. The molecule has 1 aromatic carbocycles. The van der Waals surface area contributed by atoms with Crippen molar-refractivity contribution in [3.8, 4) is 0 Å². The molecule has 0 bridgehead atoms. The summed E-state index contributed by atoms with van der Waals surface area (Å²) in [4.78, 5) is 12.8. The van der Waals surface area contributed by atoms with E-state index >= 15 is 0 Å². The maximum absolute atomic E-state index is 12.1. The molecule has 0 spiro atoms. The van der Waals surface area contributed by atoms with Gasteiger partial charge in [-0.1, -0.05) is 18.2 Å². The normalized spacial score (nSPS) is 11.5. The lowest BCUT2D eigenvalue weighted by molar-refractivity contribution is -0.143. The molecule has 118 valence electrons. The fraction of sp³-hybridized carbons (Fsp3) is 0.500. The van der Waals surface area contributed by atoms with Crippen molar-refractivity contribution in [2.45, 2.75) is 19.5 Å². The first-order chi connectivity index (χ1) is 9.78. The molecule has 2 N–H and O–H groups in total. The fourth-order valence-corrected chi connectivity index (χ4v) is 1.82. The van der Waals surface area contributed by atoms with Gasteiger partial charge in [0.05, 0.1) is 6.54 Å². The van der Waals surface area contributed by atoms with Crippen LogP contribution in [0.2, 0.25) is 0 Å². The standard InChI is InChI=1S/C14H20F3N3O/c1-11-6-3-4-7-12(11)19-13(21)18-8-5-9-20(2)10-14(15,16)17/h3-4,6-7H,5,8-10H2,1-2H3,(H2,18,19,21). The van der Waals surface area contributed by atoms with Gasteiger partial charge in [0.15, 0.2) is 0 Å². The Morgan fingerprint density at radius 1 is 1.29 bits per heavy atom. The number of carbonyl (C=O) groups excluding carboxylic acids is 1. The molecule has 0 aliphatic rings. The minimum Gasteiger partial charge on any atom is -0.338 e. The van der Waals surface area contributed by atoms with Gasteiger partial charge >= 0.3 is 12.2 Å². The number of halogens is 3. The summed E-state index contributed by atoms with van der Waals surface area (Å²) in [6.07, 6.45) is -3.74. The highest BCUT2D eigenvalue weighted by molar-refractivity contribution is 5.89. The number of nitrogens with one attached hydrogen (secondary N) is 2. The summed E-state index contributed by atoms with van der Waals surface area (Å²) in [7, 11) is 1.40. The highest BCUT2D eigenvalue weighted by Crippen LogP contribution is 2.15. The molecule has 21 heavy (non-hydrogen) atoms. The van der Waals surface area contributed by atoms with Gasteiger partial charge in [0.25, 0.3) is 0 Å². The van der Waals surface area contributed by atoms with Gasteiger partial charge in [0.1, 0.15) is 0 Å². The Balaban J connectivity index is 2.21. The van der Waals surface area contributed by atoms with Crippen LogP contribution >= 0.6 is 0 Å². The Morgan fingerprint density at radius 2 is 1.95 bits per heavy atom. The predicted molar refractivity (Wildman–Crippen MR) is 76.4 cm³/mol. The van der Waals surface area contributed by atoms with E-state index in [-0.39, 0.29) is 12.6 Å². The Labute approximate surface area is 122 Å². The van der Waals surface area contributed by atoms with Gasteiger partial charge in [-0.3, -0.25) is 4.90 Å². The Kier molecular flexibility index (Phi) is 6.48. The second-order valence-corrected chi connectivity index (χ2v) is 4.90. The SMILES string of the molecule is Cc1ccccc1NC(=O)NCCCN(C)CC(F)(F)F. The molecule has 2 amide bonds. The number of aryl methyl sites for hydroxylation is 1. The third-order valence-corrected chi connectivity index (χ3v) is 2.84. The van der Waals surface area contributed by atoms with Crippen molar-refractivity contribution < 1.29 is 18.0 Å². The average Bonchev–Trinajstić information content (AvgIpc) is 2.35. The summed E-state index contributed by atoms with van der Waals surface area (Å²) >= 11 is 0. The molecule has 0 aromatic heterocycles. The summed E-state index contributed by atoms with van der Waals surface area (Å²) in [5, 5.41) is 5.31. The van der Waals surface area contributed by atoms with Crippen LogP contribution in [0, 0.1) is 6.92 Å².